The molecule has 7 rings (SSSR count). The summed E-state index contributed by atoms with van der Waals surface area (Å²) in [5.74, 6) is 0. The first kappa shape index (κ1) is 24.9. The van der Waals surface area contributed by atoms with Crippen LogP contribution in [0.5, 0.6) is 0 Å². The van der Waals surface area contributed by atoms with E-state index in [-0.39, 0.29) is 11.3 Å². The molecule has 0 amide bonds. The fourth-order valence-corrected chi connectivity index (χ4v) is 5.68. The van der Waals surface area contributed by atoms with Crippen molar-refractivity contribution >= 4 is 49.2 Å². The molecule has 0 fully saturated rings. The topological polar surface area (TPSA) is 63.7 Å². The highest BCUT2D eigenvalue weighted by Crippen LogP contribution is 2.31. The van der Waals surface area contributed by atoms with Crippen LogP contribution in [0.25, 0.3) is 65.7 Å². The van der Waals surface area contributed by atoms with Crippen LogP contribution in [0.15, 0.2) is 122 Å². The van der Waals surface area contributed by atoms with E-state index in [0.29, 0.717) is 22.3 Å². The standard InChI is InChI=1S/C36H27NO4/c1-3-37(4-2)30-14-13-27-18-31(35(38)41-34(27)21-30)25-11-9-22-10-12-26(17-28(22)16-25)32-19-29-15-23-7-5-6-8-24(23)20-33(29)40-36(32)39/h5-21H,3-4H2,1-2H3. The average molecular weight is 538 g/mol. The maximum atomic E-state index is 13.1. The minimum Gasteiger partial charge on any atom is -0.422 e. The molecule has 0 bridgehead atoms. The lowest BCUT2D eigenvalue weighted by Crippen LogP contribution is -2.21. The average Bonchev–Trinajstić information content (AvgIpc) is 2.99. The fourth-order valence-electron chi connectivity index (χ4n) is 5.68. The zero-order valence-electron chi connectivity index (χ0n) is 22.8. The maximum absolute atomic E-state index is 13.1. The third-order valence-electron chi connectivity index (χ3n) is 7.91. The molecule has 2 heterocycles. The Kier molecular flexibility index (Phi) is 5.93. The number of fused-ring (bicyclic) bond motifs is 4. The molecule has 0 spiro atoms. The van der Waals surface area contributed by atoms with Crippen LogP contribution < -0.4 is 16.2 Å². The van der Waals surface area contributed by atoms with Gasteiger partial charge in [-0.3, -0.25) is 0 Å². The van der Waals surface area contributed by atoms with Gasteiger partial charge in [-0.1, -0.05) is 48.5 Å². The number of nitrogens with zero attached hydrogens (tertiary/aromatic N) is 1. The van der Waals surface area contributed by atoms with E-state index in [4.69, 9.17) is 8.83 Å². The predicted octanol–water partition coefficient (Wildman–Crippen LogP) is 8.39. The molecule has 0 aliphatic heterocycles. The minimum atomic E-state index is -0.387. The summed E-state index contributed by atoms with van der Waals surface area (Å²) in [6.45, 7) is 5.96. The summed E-state index contributed by atoms with van der Waals surface area (Å²) in [5.41, 5.74) is 3.90. The van der Waals surface area contributed by atoms with E-state index in [2.05, 4.69) is 24.8 Å². The minimum absolute atomic E-state index is 0.382. The van der Waals surface area contributed by atoms with Crippen LogP contribution in [0.1, 0.15) is 13.8 Å². The molecule has 5 aromatic carbocycles. The fraction of sp³-hybridized carbons (Fsp3) is 0.111. The summed E-state index contributed by atoms with van der Waals surface area (Å²) in [4.78, 5) is 28.4. The molecular weight excluding hydrogens is 510 g/mol. The Morgan fingerprint density at radius 2 is 1.07 bits per heavy atom. The van der Waals surface area contributed by atoms with E-state index < -0.39 is 0 Å². The summed E-state index contributed by atoms with van der Waals surface area (Å²) in [6.07, 6.45) is 0. The normalized spacial score (nSPS) is 11.6. The lowest BCUT2D eigenvalue weighted by atomic mass is 9.97. The number of hydrogen-bond donors (Lipinski definition) is 0. The van der Waals surface area contributed by atoms with E-state index in [9.17, 15) is 9.59 Å². The molecule has 0 N–H and O–H groups in total. The van der Waals surface area contributed by atoms with Gasteiger partial charge in [0.1, 0.15) is 11.2 Å². The van der Waals surface area contributed by atoms with Crippen LogP contribution in [0.4, 0.5) is 5.69 Å². The summed E-state index contributed by atoms with van der Waals surface area (Å²) >= 11 is 0. The quantitative estimate of drug-likeness (QED) is 0.163. The van der Waals surface area contributed by atoms with Crippen molar-refractivity contribution in [3.63, 3.8) is 0 Å². The van der Waals surface area contributed by atoms with Crippen molar-refractivity contribution < 1.29 is 8.83 Å². The van der Waals surface area contributed by atoms with Gasteiger partial charge < -0.3 is 13.7 Å². The van der Waals surface area contributed by atoms with Crippen molar-refractivity contribution in [1.29, 1.82) is 0 Å². The van der Waals surface area contributed by atoms with Gasteiger partial charge >= 0.3 is 11.3 Å². The number of anilines is 1. The van der Waals surface area contributed by atoms with E-state index in [1.165, 1.54) is 0 Å². The van der Waals surface area contributed by atoms with Gasteiger partial charge in [0.2, 0.25) is 0 Å². The van der Waals surface area contributed by atoms with Crippen molar-refractivity contribution in [2.24, 2.45) is 0 Å². The van der Waals surface area contributed by atoms with E-state index in [0.717, 1.165) is 62.2 Å². The summed E-state index contributed by atoms with van der Waals surface area (Å²) in [5, 5.41) is 5.76. The number of benzene rings is 5. The largest absolute Gasteiger partial charge is 0.422 e. The molecule has 0 aliphatic carbocycles. The number of rotatable bonds is 5. The second kappa shape index (κ2) is 9.79. The Balaban J connectivity index is 1.31. The van der Waals surface area contributed by atoms with Crippen molar-refractivity contribution in [2.45, 2.75) is 13.8 Å². The molecule has 0 atom stereocenters. The SMILES string of the molecule is CCN(CC)c1ccc2cc(-c3ccc4ccc(-c5cc6cc7ccccc7cc6oc5=O)cc4c3)c(=O)oc2c1. The first-order valence-corrected chi connectivity index (χ1v) is 13.8. The summed E-state index contributed by atoms with van der Waals surface area (Å²) in [7, 11) is 0. The van der Waals surface area contributed by atoms with Crippen LogP contribution in [-0.2, 0) is 0 Å². The molecule has 0 saturated heterocycles. The Morgan fingerprint density at radius 3 is 1.71 bits per heavy atom. The van der Waals surface area contributed by atoms with Gasteiger partial charge in [-0.25, -0.2) is 9.59 Å². The molecular formula is C36H27NO4. The highest BCUT2D eigenvalue weighted by molar-refractivity contribution is 5.98. The van der Waals surface area contributed by atoms with E-state index in [1.807, 2.05) is 97.1 Å². The van der Waals surface area contributed by atoms with Crippen LogP contribution >= 0.6 is 0 Å². The van der Waals surface area contributed by atoms with Crippen LogP contribution in [0.3, 0.4) is 0 Å². The molecule has 5 heteroatoms. The molecule has 2 aromatic heterocycles. The lowest BCUT2D eigenvalue weighted by molar-refractivity contribution is 0.563. The first-order chi connectivity index (χ1) is 20.0. The van der Waals surface area contributed by atoms with Crippen molar-refractivity contribution in [1.82, 2.24) is 0 Å². The predicted molar refractivity (Wildman–Crippen MR) is 168 cm³/mol. The highest BCUT2D eigenvalue weighted by atomic mass is 16.4. The Morgan fingerprint density at radius 1 is 0.512 bits per heavy atom. The Labute approximate surface area is 235 Å². The Hall–Kier alpha value is -5.16. The first-order valence-electron chi connectivity index (χ1n) is 13.8. The third kappa shape index (κ3) is 4.36. The van der Waals surface area contributed by atoms with Gasteiger partial charge in [0.25, 0.3) is 0 Å². The van der Waals surface area contributed by atoms with Crippen molar-refractivity contribution in [3.8, 4) is 22.3 Å². The van der Waals surface area contributed by atoms with Gasteiger partial charge in [0.05, 0.1) is 11.1 Å². The van der Waals surface area contributed by atoms with Gasteiger partial charge in [-0.05, 0) is 95.1 Å². The molecule has 200 valence electrons. The molecule has 0 unspecified atom stereocenters. The monoisotopic (exact) mass is 537 g/mol. The Bertz CT molecular complexity index is 2240. The van der Waals surface area contributed by atoms with Crippen LogP contribution in [-0.4, -0.2) is 13.1 Å². The molecule has 5 nitrogen and oxygen atoms in total. The third-order valence-corrected chi connectivity index (χ3v) is 7.91. The molecule has 0 saturated carbocycles. The number of hydrogen-bond acceptors (Lipinski definition) is 5. The second-order valence-corrected chi connectivity index (χ2v) is 10.3. The maximum Gasteiger partial charge on any atom is 0.344 e. The summed E-state index contributed by atoms with van der Waals surface area (Å²) in [6, 6.07) is 33.5. The zero-order valence-corrected chi connectivity index (χ0v) is 22.8. The lowest BCUT2D eigenvalue weighted by Gasteiger charge is -2.21. The molecule has 0 radical (unpaired) electrons. The van der Waals surface area contributed by atoms with E-state index >= 15 is 0 Å². The van der Waals surface area contributed by atoms with Crippen molar-refractivity contribution in [2.75, 3.05) is 18.0 Å². The van der Waals surface area contributed by atoms with E-state index in [1.54, 1.807) is 0 Å². The molecule has 41 heavy (non-hydrogen) atoms. The zero-order chi connectivity index (χ0) is 28.1. The van der Waals surface area contributed by atoms with Crippen molar-refractivity contribution in [3.05, 3.63) is 124 Å². The summed E-state index contributed by atoms with van der Waals surface area (Å²) < 4.78 is 11.5. The van der Waals surface area contributed by atoms with Crippen LogP contribution in [0.2, 0.25) is 0 Å². The second-order valence-electron chi connectivity index (χ2n) is 10.3. The van der Waals surface area contributed by atoms with Crippen LogP contribution in [0, 0.1) is 0 Å². The highest BCUT2D eigenvalue weighted by Gasteiger charge is 2.13. The smallest absolute Gasteiger partial charge is 0.344 e. The van der Waals surface area contributed by atoms with Gasteiger partial charge in [-0.15, -0.1) is 0 Å². The van der Waals surface area contributed by atoms with Gasteiger partial charge in [0, 0.05) is 35.6 Å². The van der Waals surface area contributed by atoms with Gasteiger partial charge in [0.15, 0.2) is 0 Å². The van der Waals surface area contributed by atoms with Gasteiger partial charge in [-0.2, -0.15) is 0 Å². The molecule has 0 aliphatic rings. The molecule has 7 aromatic rings.